The molecule has 0 bridgehead atoms. The Morgan fingerprint density at radius 2 is 2.12 bits per heavy atom. The Hall–Kier alpha value is -1.20. The number of amides is 1. The molecule has 1 aliphatic heterocycles. The van der Waals surface area contributed by atoms with Gasteiger partial charge in [-0.15, -0.1) is 12.4 Å². The fourth-order valence-electron chi connectivity index (χ4n) is 1.81. The van der Waals surface area contributed by atoms with Crippen molar-refractivity contribution in [2.75, 3.05) is 13.1 Å². The van der Waals surface area contributed by atoms with Gasteiger partial charge in [-0.25, -0.2) is 8.78 Å². The van der Waals surface area contributed by atoms with Crippen molar-refractivity contribution in [2.24, 2.45) is 5.73 Å². The molecular formula is C11H13ClF2N2O. The quantitative estimate of drug-likeness (QED) is 0.835. The second-order valence-corrected chi connectivity index (χ2v) is 3.92. The third-order valence-corrected chi connectivity index (χ3v) is 2.67. The molecule has 2 rings (SSSR count). The van der Waals surface area contributed by atoms with Crippen LogP contribution in [0, 0.1) is 11.6 Å². The molecule has 0 radical (unpaired) electrons. The predicted octanol–water partition coefficient (Wildman–Crippen LogP) is 1.56. The molecule has 1 saturated heterocycles. The summed E-state index contributed by atoms with van der Waals surface area (Å²) in [4.78, 5) is 13.3. The summed E-state index contributed by atoms with van der Waals surface area (Å²) in [6, 6.07) is 2.90. The largest absolute Gasteiger partial charge is 0.337 e. The van der Waals surface area contributed by atoms with E-state index in [0.717, 1.165) is 12.1 Å². The Bertz CT molecular complexity index is 428. The lowest BCUT2D eigenvalue weighted by atomic mass is 10.2. The second-order valence-electron chi connectivity index (χ2n) is 3.92. The minimum Gasteiger partial charge on any atom is -0.337 e. The van der Waals surface area contributed by atoms with Gasteiger partial charge in [0.05, 0.1) is 5.56 Å². The van der Waals surface area contributed by atoms with Crippen LogP contribution in [0.15, 0.2) is 18.2 Å². The molecule has 1 fully saturated rings. The minimum atomic E-state index is -0.828. The van der Waals surface area contributed by atoms with E-state index in [1.165, 1.54) is 4.90 Å². The first-order valence-corrected chi connectivity index (χ1v) is 5.08. The number of rotatable bonds is 1. The topological polar surface area (TPSA) is 46.3 Å². The van der Waals surface area contributed by atoms with Gasteiger partial charge in [0.25, 0.3) is 5.91 Å². The van der Waals surface area contributed by atoms with Crippen LogP contribution in [0.25, 0.3) is 0 Å². The van der Waals surface area contributed by atoms with E-state index >= 15 is 0 Å². The number of carbonyl (C=O) groups excluding carboxylic acids is 1. The lowest BCUT2D eigenvalue weighted by Gasteiger charge is -2.15. The van der Waals surface area contributed by atoms with Crippen LogP contribution in [-0.2, 0) is 0 Å². The predicted molar refractivity (Wildman–Crippen MR) is 62.1 cm³/mol. The molecular weight excluding hydrogens is 250 g/mol. The van der Waals surface area contributed by atoms with Crippen molar-refractivity contribution in [3.63, 3.8) is 0 Å². The summed E-state index contributed by atoms with van der Waals surface area (Å²) in [7, 11) is 0. The number of hydrogen-bond donors (Lipinski definition) is 1. The average molecular weight is 263 g/mol. The number of likely N-dealkylation sites (tertiary alicyclic amines) is 1. The van der Waals surface area contributed by atoms with E-state index in [-0.39, 0.29) is 24.0 Å². The molecule has 6 heteroatoms. The zero-order chi connectivity index (χ0) is 11.7. The van der Waals surface area contributed by atoms with Crippen LogP contribution in [0.1, 0.15) is 16.8 Å². The number of nitrogens with two attached hydrogens (primary N) is 1. The summed E-state index contributed by atoms with van der Waals surface area (Å²) in [5, 5.41) is 0. The highest BCUT2D eigenvalue weighted by Gasteiger charge is 2.26. The molecule has 94 valence electrons. The molecule has 1 heterocycles. The first-order valence-electron chi connectivity index (χ1n) is 5.08. The van der Waals surface area contributed by atoms with Crippen molar-refractivity contribution >= 4 is 18.3 Å². The van der Waals surface area contributed by atoms with Crippen molar-refractivity contribution in [2.45, 2.75) is 12.5 Å². The maximum Gasteiger partial charge on any atom is 0.256 e. The Kier molecular flexibility index (Phi) is 4.42. The fourth-order valence-corrected chi connectivity index (χ4v) is 1.81. The standard InChI is InChI=1S/C11H12F2N2O.ClH/c12-7-1-2-9(10(13)5-7)11(16)15-4-3-8(14)6-15;/h1-2,5,8H,3-4,6,14H2;1H/t8-;/m0./s1. The van der Waals surface area contributed by atoms with Crippen LogP contribution < -0.4 is 5.73 Å². The van der Waals surface area contributed by atoms with Gasteiger partial charge in [0.1, 0.15) is 11.6 Å². The van der Waals surface area contributed by atoms with Gasteiger partial charge < -0.3 is 10.6 Å². The van der Waals surface area contributed by atoms with Gasteiger partial charge in [-0.1, -0.05) is 0 Å². The van der Waals surface area contributed by atoms with E-state index in [1.54, 1.807) is 0 Å². The first-order chi connectivity index (χ1) is 7.58. The van der Waals surface area contributed by atoms with Gasteiger partial charge in [0.15, 0.2) is 0 Å². The average Bonchev–Trinajstić information content (AvgIpc) is 2.64. The van der Waals surface area contributed by atoms with E-state index in [4.69, 9.17) is 5.73 Å². The van der Waals surface area contributed by atoms with Crippen molar-refractivity contribution in [1.29, 1.82) is 0 Å². The van der Waals surface area contributed by atoms with E-state index in [2.05, 4.69) is 0 Å². The highest BCUT2D eigenvalue weighted by Crippen LogP contribution is 2.15. The molecule has 0 aliphatic carbocycles. The van der Waals surface area contributed by atoms with Gasteiger partial charge in [-0.05, 0) is 18.6 Å². The lowest BCUT2D eigenvalue weighted by molar-refractivity contribution is 0.0786. The first kappa shape index (κ1) is 13.9. The summed E-state index contributed by atoms with van der Waals surface area (Å²) in [6.07, 6.45) is 0.717. The number of hydrogen-bond acceptors (Lipinski definition) is 2. The third-order valence-electron chi connectivity index (χ3n) is 2.67. The SMILES string of the molecule is Cl.N[C@H]1CCN(C(=O)c2ccc(F)cc2F)C1. The summed E-state index contributed by atoms with van der Waals surface area (Å²) in [5.74, 6) is -1.94. The van der Waals surface area contributed by atoms with Crippen molar-refractivity contribution < 1.29 is 13.6 Å². The Labute approximate surface area is 104 Å². The molecule has 3 nitrogen and oxygen atoms in total. The normalized spacial score (nSPS) is 19.0. The molecule has 0 spiro atoms. The number of carbonyl (C=O) groups is 1. The van der Waals surface area contributed by atoms with Crippen LogP contribution in [-0.4, -0.2) is 29.9 Å². The Morgan fingerprint density at radius 3 is 2.65 bits per heavy atom. The fraction of sp³-hybridized carbons (Fsp3) is 0.364. The Morgan fingerprint density at radius 1 is 1.41 bits per heavy atom. The molecule has 0 aromatic heterocycles. The summed E-state index contributed by atoms with van der Waals surface area (Å²) < 4.78 is 26.0. The Balaban J connectivity index is 0.00000144. The van der Waals surface area contributed by atoms with E-state index in [9.17, 15) is 13.6 Å². The molecule has 0 saturated carbocycles. The maximum absolute atomic E-state index is 13.3. The van der Waals surface area contributed by atoms with Gasteiger partial charge >= 0.3 is 0 Å². The molecule has 1 amide bonds. The summed E-state index contributed by atoms with van der Waals surface area (Å²) in [5.41, 5.74) is 5.55. The maximum atomic E-state index is 13.3. The highest BCUT2D eigenvalue weighted by molar-refractivity contribution is 5.94. The molecule has 17 heavy (non-hydrogen) atoms. The van der Waals surface area contributed by atoms with Gasteiger partial charge in [-0.2, -0.15) is 0 Å². The monoisotopic (exact) mass is 262 g/mol. The highest BCUT2D eigenvalue weighted by atomic mass is 35.5. The number of benzene rings is 1. The van der Waals surface area contributed by atoms with Gasteiger partial charge in [-0.3, -0.25) is 4.79 Å². The van der Waals surface area contributed by atoms with Crippen molar-refractivity contribution in [3.05, 3.63) is 35.4 Å². The molecule has 1 aliphatic rings. The molecule has 2 N–H and O–H groups in total. The van der Waals surface area contributed by atoms with E-state index in [1.807, 2.05) is 0 Å². The summed E-state index contributed by atoms with van der Waals surface area (Å²) in [6.45, 7) is 0.951. The van der Waals surface area contributed by atoms with Crippen LogP contribution in [0.2, 0.25) is 0 Å². The van der Waals surface area contributed by atoms with Crippen LogP contribution in [0.4, 0.5) is 8.78 Å². The molecule has 1 atom stereocenters. The summed E-state index contributed by atoms with van der Waals surface area (Å²) >= 11 is 0. The third kappa shape index (κ3) is 2.92. The lowest BCUT2D eigenvalue weighted by Crippen LogP contribution is -2.32. The molecule has 0 unspecified atom stereocenters. The van der Waals surface area contributed by atoms with Crippen molar-refractivity contribution in [1.82, 2.24) is 4.90 Å². The smallest absolute Gasteiger partial charge is 0.256 e. The zero-order valence-electron chi connectivity index (χ0n) is 9.03. The minimum absolute atomic E-state index is 0. The van der Waals surface area contributed by atoms with Crippen LogP contribution in [0.3, 0.4) is 0 Å². The van der Waals surface area contributed by atoms with Crippen LogP contribution >= 0.6 is 12.4 Å². The second kappa shape index (κ2) is 5.42. The van der Waals surface area contributed by atoms with Crippen molar-refractivity contribution in [3.8, 4) is 0 Å². The number of halogens is 3. The van der Waals surface area contributed by atoms with E-state index in [0.29, 0.717) is 25.6 Å². The molecule has 1 aromatic rings. The zero-order valence-corrected chi connectivity index (χ0v) is 9.84. The molecule has 1 aromatic carbocycles. The van der Waals surface area contributed by atoms with Gasteiger partial charge in [0, 0.05) is 25.2 Å². The van der Waals surface area contributed by atoms with Gasteiger partial charge in [0.2, 0.25) is 0 Å². The number of nitrogens with zero attached hydrogens (tertiary/aromatic N) is 1. The van der Waals surface area contributed by atoms with E-state index < -0.39 is 17.5 Å². The van der Waals surface area contributed by atoms with Crippen LogP contribution in [0.5, 0.6) is 0 Å².